The van der Waals surface area contributed by atoms with Gasteiger partial charge in [-0.1, -0.05) is 18.7 Å². The standard InChI is InChI=1S/C7H13N5OS/c1-2-3-6-10-11-7(12(6)9)14-4-5(8)13/h2-4,9H2,1H3,(H2,8,13). The highest BCUT2D eigenvalue weighted by Gasteiger charge is 2.09. The lowest BCUT2D eigenvalue weighted by atomic mass is 10.3. The van der Waals surface area contributed by atoms with Gasteiger partial charge in [-0.3, -0.25) is 4.79 Å². The van der Waals surface area contributed by atoms with E-state index in [2.05, 4.69) is 10.2 Å². The van der Waals surface area contributed by atoms with Crippen molar-refractivity contribution in [3.63, 3.8) is 0 Å². The van der Waals surface area contributed by atoms with E-state index in [1.807, 2.05) is 6.92 Å². The van der Waals surface area contributed by atoms with Crippen molar-refractivity contribution in [2.75, 3.05) is 11.6 Å². The smallest absolute Gasteiger partial charge is 0.227 e. The van der Waals surface area contributed by atoms with Gasteiger partial charge in [0, 0.05) is 6.42 Å². The molecule has 78 valence electrons. The Kier molecular flexibility index (Phi) is 3.75. The van der Waals surface area contributed by atoms with E-state index < -0.39 is 5.91 Å². The SMILES string of the molecule is CCCc1nnc(SCC(N)=O)n1N. The van der Waals surface area contributed by atoms with E-state index in [4.69, 9.17) is 11.6 Å². The zero-order valence-corrected chi connectivity index (χ0v) is 8.75. The van der Waals surface area contributed by atoms with E-state index in [1.165, 1.54) is 16.4 Å². The first kappa shape index (κ1) is 10.8. The van der Waals surface area contributed by atoms with Gasteiger partial charge < -0.3 is 11.6 Å². The minimum absolute atomic E-state index is 0.168. The van der Waals surface area contributed by atoms with Crippen LogP contribution in [0.15, 0.2) is 5.16 Å². The van der Waals surface area contributed by atoms with Crippen LogP contribution in [0.3, 0.4) is 0 Å². The van der Waals surface area contributed by atoms with Gasteiger partial charge in [0.1, 0.15) is 0 Å². The number of aryl methyl sites for hydroxylation is 1. The molecule has 1 rings (SSSR count). The maximum atomic E-state index is 10.5. The summed E-state index contributed by atoms with van der Waals surface area (Å²) in [6.07, 6.45) is 1.73. The highest BCUT2D eigenvalue weighted by atomic mass is 32.2. The van der Waals surface area contributed by atoms with E-state index in [-0.39, 0.29) is 5.75 Å². The Balaban J connectivity index is 2.64. The molecule has 6 nitrogen and oxygen atoms in total. The maximum Gasteiger partial charge on any atom is 0.227 e. The van der Waals surface area contributed by atoms with Crippen LogP contribution in [-0.2, 0) is 11.2 Å². The summed E-state index contributed by atoms with van der Waals surface area (Å²) in [6, 6.07) is 0. The van der Waals surface area contributed by atoms with Crippen LogP contribution >= 0.6 is 11.8 Å². The summed E-state index contributed by atoms with van der Waals surface area (Å²) in [4.78, 5) is 10.5. The molecule has 4 N–H and O–H groups in total. The van der Waals surface area contributed by atoms with Crippen LogP contribution in [0.1, 0.15) is 19.2 Å². The van der Waals surface area contributed by atoms with Crippen molar-refractivity contribution < 1.29 is 4.79 Å². The van der Waals surface area contributed by atoms with Gasteiger partial charge in [0.05, 0.1) is 5.75 Å². The fourth-order valence-corrected chi connectivity index (χ4v) is 1.55. The first-order valence-electron chi connectivity index (χ1n) is 4.25. The van der Waals surface area contributed by atoms with E-state index in [9.17, 15) is 4.79 Å². The largest absolute Gasteiger partial charge is 0.369 e. The van der Waals surface area contributed by atoms with Gasteiger partial charge in [-0.05, 0) is 6.42 Å². The van der Waals surface area contributed by atoms with E-state index in [0.29, 0.717) is 5.16 Å². The predicted molar refractivity (Wildman–Crippen MR) is 54.1 cm³/mol. The Morgan fingerprint density at radius 3 is 2.86 bits per heavy atom. The van der Waals surface area contributed by atoms with Gasteiger partial charge in [-0.2, -0.15) is 0 Å². The molecule has 1 amide bonds. The molecule has 14 heavy (non-hydrogen) atoms. The van der Waals surface area contributed by atoms with Gasteiger partial charge in [0.15, 0.2) is 5.82 Å². The topological polar surface area (TPSA) is 99.8 Å². The number of primary amides is 1. The second-order valence-electron chi connectivity index (χ2n) is 2.77. The number of thioether (sulfide) groups is 1. The molecule has 0 saturated heterocycles. The molecular weight excluding hydrogens is 202 g/mol. The lowest BCUT2D eigenvalue weighted by Gasteiger charge is -2.00. The van der Waals surface area contributed by atoms with Crippen molar-refractivity contribution in [1.29, 1.82) is 0 Å². The number of amides is 1. The van der Waals surface area contributed by atoms with Crippen molar-refractivity contribution in [3.8, 4) is 0 Å². The van der Waals surface area contributed by atoms with Crippen LogP contribution in [0.2, 0.25) is 0 Å². The minimum Gasteiger partial charge on any atom is -0.369 e. The molecule has 0 aliphatic rings. The summed E-state index contributed by atoms with van der Waals surface area (Å²) >= 11 is 1.19. The number of aromatic nitrogens is 3. The Labute approximate surface area is 86.0 Å². The first-order valence-corrected chi connectivity index (χ1v) is 5.24. The average Bonchev–Trinajstić information content (AvgIpc) is 2.46. The lowest BCUT2D eigenvalue weighted by molar-refractivity contribution is -0.115. The van der Waals surface area contributed by atoms with Crippen LogP contribution in [0.4, 0.5) is 0 Å². The monoisotopic (exact) mass is 215 g/mol. The molecule has 0 atom stereocenters. The Morgan fingerprint density at radius 2 is 2.29 bits per heavy atom. The highest BCUT2D eigenvalue weighted by Crippen LogP contribution is 2.14. The van der Waals surface area contributed by atoms with Crippen LogP contribution in [-0.4, -0.2) is 26.5 Å². The summed E-state index contributed by atoms with van der Waals surface area (Å²) < 4.78 is 1.40. The second kappa shape index (κ2) is 4.85. The van der Waals surface area contributed by atoms with Crippen molar-refractivity contribution in [1.82, 2.24) is 14.9 Å². The van der Waals surface area contributed by atoms with Crippen molar-refractivity contribution in [2.24, 2.45) is 5.73 Å². The van der Waals surface area contributed by atoms with Crippen molar-refractivity contribution in [3.05, 3.63) is 5.82 Å². The number of rotatable bonds is 5. The maximum absolute atomic E-state index is 10.5. The first-order chi connectivity index (χ1) is 6.65. The Bertz CT molecular complexity index is 324. The zero-order chi connectivity index (χ0) is 10.6. The Morgan fingerprint density at radius 1 is 1.57 bits per heavy atom. The van der Waals surface area contributed by atoms with E-state index in [1.54, 1.807) is 0 Å². The number of hydrogen-bond donors (Lipinski definition) is 2. The van der Waals surface area contributed by atoms with Gasteiger partial charge >= 0.3 is 0 Å². The number of carbonyl (C=O) groups is 1. The predicted octanol–water partition coefficient (Wildman–Crippen LogP) is -0.478. The Hall–Kier alpha value is -1.24. The molecule has 0 saturated carbocycles. The molecule has 0 bridgehead atoms. The normalized spacial score (nSPS) is 10.4. The average molecular weight is 215 g/mol. The molecule has 1 heterocycles. The fourth-order valence-electron chi connectivity index (χ4n) is 0.935. The van der Waals surface area contributed by atoms with Crippen molar-refractivity contribution in [2.45, 2.75) is 24.9 Å². The third-order valence-corrected chi connectivity index (χ3v) is 2.52. The van der Waals surface area contributed by atoms with Gasteiger partial charge in [-0.15, -0.1) is 10.2 Å². The zero-order valence-electron chi connectivity index (χ0n) is 7.93. The molecule has 7 heteroatoms. The molecule has 0 fully saturated rings. The van der Waals surface area contributed by atoms with Crippen LogP contribution in [0, 0.1) is 0 Å². The summed E-state index contributed by atoms with van der Waals surface area (Å²) in [5.41, 5.74) is 5.00. The molecule has 1 aromatic heterocycles. The van der Waals surface area contributed by atoms with Crippen LogP contribution in [0.5, 0.6) is 0 Å². The molecule has 0 aliphatic carbocycles. The highest BCUT2D eigenvalue weighted by molar-refractivity contribution is 7.99. The molecule has 0 aliphatic heterocycles. The van der Waals surface area contributed by atoms with Gasteiger partial charge in [0.2, 0.25) is 11.1 Å². The van der Waals surface area contributed by atoms with Crippen LogP contribution < -0.4 is 11.6 Å². The number of carbonyl (C=O) groups excluding carboxylic acids is 1. The summed E-state index contributed by atoms with van der Waals surface area (Å²) in [6.45, 7) is 2.03. The third-order valence-electron chi connectivity index (χ3n) is 1.55. The molecule has 1 aromatic rings. The molecule has 0 spiro atoms. The molecular formula is C7H13N5OS. The third kappa shape index (κ3) is 2.63. The van der Waals surface area contributed by atoms with Gasteiger partial charge in [-0.25, -0.2) is 4.68 Å². The summed E-state index contributed by atoms with van der Waals surface area (Å²) in [5.74, 6) is 6.19. The number of hydrogen-bond acceptors (Lipinski definition) is 5. The van der Waals surface area contributed by atoms with E-state index >= 15 is 0 Å². The van der Waals surface area contributed by atoms with Crippen molar-refractivity contribution >= 4 is 17.7 Å². The quantitative estimate of drug-likeness (QED) is 0.510. The summed E-state index contributed by atoms with van der Waals surface area (Å²) in [7, 11) is 0. The minimum atomic E-state index is -0.393. The molecule has 0 radical (unpaired) electrons. The second-order valence-corrected chi connectivity index (χ2v) is 3.72. The van der Waals surface area contributed by atoms with E-state index in [0.717, 1.165) is 18.7 Å². The summed E-state index contributed by atoms with van der Waals surface area (Å²) in [5, 5.41) is 8.27. The fraction of sp³-hybridized carbons (Fsp3) is 0.571. The molecule has 0 unspecified atom stereocenters. The number of nitrogen functional groups attached to an aromatic ring is 1. The number of nitrogens with zero attached hydrogens (tertiary/aromatic N) is 3. The number of nitrogens with two attached hydrogens (primary N) is 2. The van der Waals surface area contributed by atoms with Crippen LogP contribution in [0.25, 0.3) is 0 Å². The lowest BCUT2D eigenvalue weighted by Crippen LogP contribution is -2.17. The van der Waals surface area contributed by atoms with Gasteiger partial charge in [0.25, 0.3) is 0 Å². The molecule has 0 aromatic carbocycles.